The summed E-state index contributed by atoms with van der Waals surface area (Å²) >= 11 is 0. The smallest absolute Gasteiger partial charge is 0.265 e. The summed E-state index contributed by atoms with van der Waals surface area (Å²) in [5.41, 5.74) is 2.66. The number of rotatable bonds is 3. The van der Waals surface area contributed by atoms with Crippen LogP contribution in [0.5, 0.6) is 0 Å². The number of halogens is 1. The van der Waals surface area contributed by atoms with E-state index >= 15 is 0 Å². The Labute approximate surface area is 87.1 Å². The minimum absolute atomic E-state index is 0.292. The fraction of sp³-hybridized carbons (Fsp3) is 0.300. The first-order valence-corrected chi connectivity index (χ1v) is 4.51. The van der Waals surface area contributed by atoms with Crippen LogP contribution in [0.25, 0.3) is 0 Å². The summed E-state index contributed by atoms with van der Waals surface area (Å²) in [6, 6.07) is 3.86. The predicted molar refractivity (Wildman–Crippen MR) is 54.2 cm³/mol. The summed E-state index contributed by atoms with van der Waals surface area (Å²) in [6.07, 6.45) is 0. The molecular formula is C10H13FN2O2. The Morgan fingerprint density at radius 2 is 2.20 bits per heavy atom. The second-order valence-corrected chi connectivity index (χ2v) is 3.31. The van der Waals surface area contributed by atoms with Gasteiger partial charge >= 0.3 is 0 Å². The molecule has 0 aliphatic heterocycles. The zero-order valence-corrected chi connectivity index (χ0v) is 8.54. The normalized spacial score (nSPS) is 12.0. The third-order valence-corrected chi connectivity index (χ3v) is 2.04. The van der Waals surface area contributed by atoms with Crippen LogP contribution in [-0.4, -0.2) is 17.2 Å². The molecule has 0 spiro atoms. The van der Waals surface area contributed by atoms with Crippen LogP contribution in [0.1, 0.15) is 12.5 Å². The molecule has 0 bridgehead atoms. The second kappa shape index (κ2) is 4.75. The number of hydrogen-bond acceptors (Lipinski definition) is 3. The number of benzene rings is 1. The van der Waals surface area contributed by atoms with Crippen molar-refractivity contribution >= 4 is 11.6 Å². The molecule has 1 aromatic carbocycles. The van der Waals surface area contributed by atoms with Crippen LogP contribution in [-0.2, 0) is 4.79 Å². The topological polar surface area (TPSA) is 61.4 Å². The highest BCUT2D eigenvalue weighted by molar-refractivity contribution is 5.83. The van der Waals surface area contributed by atoms with Crippen molar-refractivity contribution in [1.82, 2.24) is 5.48 Å². The number of carbonyl (C=O) groups is 1. The van der Waals surface area contributed by atoms with Crippen LogP contribution in [0.2, 0.25) is 0 Å². The van der Waals surface area contributed by atoms with E-state index in [1.165, 1.54) is 17.6 Å². The van der Waals surface area contributed by atoms with Gasteiger partial charge in [0.2, 0.25) is 0 Å². The molecule has 1 aromatic rings. The van der Waals surface area contributed by atoms with E-state index in [1.54, 1.807) is 19.9 Å². The maximum atomic E-state index is 12.9. The van der Waals surface area contributed by atoms with E-state index in [0.717, 1.165) is 0 Å². The van der Waals surface area contributed by atoms with Crippen molar-refractivity contribution in [2.45, 2.75) is 19.9 Å². The van der Waals surface area contributed by atoms with Crippen LogP contribution >= 0.6 is 0 Å². The predicted octanol–water partition coefficient (Wildman–Crippen LogP) is 1.44. The molecule has 82 valence electrons. The molecular weight excluding hydrogens is 199 g/mol. The van der Waals surface area contributed by atoms with Crippen molar-refractivity contribution in [3.63, 3.8) is 0 Å². The van der Waals surface area contributed by atoms with Crippen LogP contribution in [0, 0.1) is 12.7 Å². The highest BCUT2D eigenvalue weighted by Crippen LogP contribution is 2.14. The fourth-order valence-electron chi connectivity index (χ4n) is 1.15. The first-order valence-electron chi connectivity index (χ1n) is 4.51. The summed E-state index contributed by atoms with van der Waals surface area (Å²) in [5.74, 6) is -0.836. The standard InChI is InChI=1S/C10H13FN2O2/c1-6-5-8(3-4-9(6)11)12-7(2)10(14)13-15/h3-5,7,12,15H,1-2H3,(H,13,14)/t7-/m0/s1. The maximum Gasteiger partial charge on any atom is 0.265 e. The SMILES string of the molecule is Cc1cc(N[C@@H](C)C(=O)NO)ccc1F. The van der Waals surface area contributed by atoms with Crippen molar-refractivity contribution in [3.05, 3.63) is 29.6 Å². The highest BCUT2D eigenvalue weighted by atomic mass is 19.1. The van der Waals surface area contributed by atoms with Gasteiger partial charge in [-0.2, -0.15) is 0 Å². The first-order chi connectivity index (χ1) is 7.04. The fourth-order valence-corrected chi connectivity index (χ4v) is 1.15. The van der Waals surface area contributed by atoms with Gasteiger partial charge in [0.1, 0.15) is 11.9 Å². The Hall–Kier alpha value is -1.62. The molecule has 5 heteroatoms. The summed E-state index contributed by atoms with van der Waals surface area (Å²) in [5, 5.41) is 11.2. The molecule has 0 aliphatic rings. The molecule has 3 N–H and O–H groups in total. The molecule has 1 amide bonds. The lowest BCUT2D eigenvalue weighted by Gasteiger charge is -2.13. The van der Waals surface area contributed by atoms with E-state index in [1.807, 2.05) is 0 Å². The van der Waals surface area contributed by atoms with E-state index in [-0.39, 0.29) is 5.82 Å². The molecule has 0 saturated heterocycles. The average molecular weight is 212 g/mol. The molecule has 4 nitrogen and oxygen atoms in total. The molecule has 15 heavy (non-hydrogen) atoms. The maximum absolute atomic E-state index is 12.9. The summed E-state index contributed by atoms with van der Waals surface area (Å²) < 4.78 is 12.9. The van der Waals surface area contributed by atoms with E-state index in [9.17, 15) is 9.18 Å². The Morgan fingerprint density at radius 3 is 2.73 bits per heavy atom. The quantitative estimate of drug-likeness (QED) is 0.525. The zero-order chi connectivity index (χ0) is 11.4. The van der Waals surface area contributed by atoms with Gasteiger partial charge in [0.05, 0.1) is 0 Å². The van der Waals surface area contributed by atoms with Gasteiger partial charge in [-0.25, -0.2) is 9.87 Å². The Morgan fingerprint density at radius 1 is 1.53 bits per heavy atom. The van der Waals surface area contributed by atoms with Crippen molar-refractivity contribution in [2.24, 2.45) is 0 Å². The molecule has 0 aromatic heterocycles. The summed E-state index contributed by atoms with van der Waals surface area (Å²) in [7, 11) is 0. The van der Waals surface area contributed by atoms with Crippen molar-refractivity contribution < 1.29 is 14.4 Å². The second-order valence-electron chi connectivity index (χ2n) is 3.31. The highest BCUT2D eigenvalue weighted by Gasteiger charge is 2.11. The molecule has 0 saturated carbocycles. The van der Waals surface area contributed by atoms with E-state index < -0.39 is 11.9 Å². The number of anilines is 1. The number of amides is 1. The monoisotopic (exact) mass is 212 g/mol. The number of hydroxylamine groups is 1. The Balaban J connectivity index is 2.73. The van der Waals surface area contributed by atoms with Crippen LogP contribution in [0.15, 0.2) is 18.2 Å². The van der Waals surface area contributed by atoms with Gasteiger partial charge in [-0.3, -0.25) is 10.0 Å². The van der Waals surface area contributed by atoms with E-state index in [0.29, 0.717) is 11.3 Å². The Bertz CT molecular complexity index is 368. The van der Waals surface area contributed by atoms with Crippen LogP contribution in [0.4, 0.5) is 10.1 Å². The minimum atomic E-state index is -0.583. The van der Waals surface area contributed by atoms with Crippen LogP contribution in [0.3, 0.4) is 0 Å². The van der Waals surface area contributed by atoms with Crippen LogP contribution < -0.4 is 10.8 Å². The van der Waals surface area contributed by atoms with Gasteiger partial charge in [-0.1, -0.05) is 0 Å². The van der Waals surface area contributed by atoms with Gasteiger partial charge < -0.3 is 5.32 Å². The molecule has 0 fully saturated rings. The molecule has 1 rings (SSSR count). The minimum Gasteiger partial charge on any atom is -0.374 e. The van der Waals surface area contributed by atoms with Gasteiger partial charge in [0.25, 0.3) is 5.91 Å². The third kappa shape index (κ3) is 2.92. The number of aryl methyl sites for hydroxylation is 1. The Kier molecular flexibility index (Phi) is 3.62. The van der Waals surface area contributed by atoms with E-state index in [2.05, 4.69) is 5.32 Å². The molecule has 0 radical (unpaired) electrons. The van der Waals surface area contributed by atoms with Gasteiger partial charge in [0.15, 0.2) is 0 Å². The number of nitrogens with one attached hydrogen (secondary N) is 2. The van der Waals surface area contributed by atoms with Crippen molar-refractivity contribution in [2.75, 3.05) is 5.32 Å². The number of hydrogen-bond donors (Lipinski definition) is 3. The lowest BCUT2D eigenvalue weighted by molar-refractivity contribution is -0.129. The largest absolute Gasteiger partial charge is 0.374 e. The lowest BCUT2D eigenvalue weighted by Crippen LogP contribution is -2.35. The third-order valence-electron chi connectivity index (χ3n) is 2.04. The molecule has 0 heterocycles. The molecule has 1 atom stereocenters. The van der Waals surface area contributed by atoms with Crippen molar-refractivity contribution in [3.8, 4) is 0 Å². The average Bonchev–Trinajstić information content (AvgIpc) is 2.22. The summed E-state index contributed by atoms with van der Waals surface area (Å²) in [4.78, 5) is 11.0. The lowest BCUT2D eigenvalue weighted by atomic mass is 10.2. The molecule has 0 aliphatic carbocycles. The number of carbonyl (C=O) groups excluding carboxylic acids is 1. The van der Waals surface area contributed by atoms with Gasteiger partial charge in [-0.05, 0) is 37.6 Å². The van der Waals surface area contributed by atoms with Gasteiger partial charge in [0, 0.05) is 5.69 Å². The summed E-state index contributed by atoms with van der Waals surface area (Å²) in [6.45, 7) is 3.22. The van der Waals surface area contributed by atoms with E-state index in [4.69, 9.17) is 5.21 Å². The van der Waals surface area contributed by atoms with Crippen molar-refractivity contribution in [1.29, 1.82) is 0 Å². The first kappa shape index (κ1) is 11.5. The molecule has 0 unspecified atom stereocenters. The van der Waals surface area contributed by atoms with Gasteiger partial charge in [-0.15, -0.1) is 0 Å². The zero-order valence-electron chi connectivity index (χ0n) is 8.54.